The van der Waals surface area contributed by atoms with Crippen LogP contribution in [0.15, 0.2) is 50.9 Å². The Kier molecular flexibility index (Phi) is 6.57. The number of nitrogens with one attached hydrogen (secondary N) is 1. The van der Waals surface area contributed by atoms with E-state index in [0.29, 0.717) is 16.7 Å². The summed E-state index contributed by atoms with van der Waals surface area (Å²) in [6, 6.07) is 12.0. The molecular formula is C18H24N2O2S3. The van der Waals surface area contributed by atoms with E-state index in [1.807, 2.05) is 0 Å². The molecule has 4 nitrogen and oxygen atoms in total. The van der Waals surface area contributed by atoms with Gasteiger partial charge in [0, 0.05) is 18.0 Å². The summed E-state index contributed by atoms with van der Waals surface area (Å²) in [7, 11) is -3.34. The average molecular weight is 397 g/mol. The van der Waals surface area contributed by atoms with Crippen LogP contribution in [-0.2, 0) is 16.6 Å². The van der Waals surface area contributed by atoms with Crippen LogP contribution in [0.3, 0.4) is 0 Å². The number of thioether (sulfide) groups is 1. The number of sulfonamides is 1. The molecule has 1 fully saturated rings. The van der Waals surface area contributed by atoms with E-state index in [0.717, 1.165) is 32.5 Å². The Hall–Kier alpha value is -0.860. The molecule has 1 N–H and O–H groups in total. The number of likely N-dealkylation sites (tertiary alicyclic amines) is 1. The summed E-state index contributed by atoms with van der Waals surface area (Å²) in [5.41, 5.74) is 1.38. The summed E-state index contributed by atoms with van der Waals surface area (Å²) in [4.78, 5) is 3.81. The highest BCUT2D eigenvalue weighted by Gasteiger charge is 2.22. The van der Waals surface area contributed by atoms with Crippen molar-refractivity contribution in [2.24, 2.45) is 5.92 Å². The fourth-order valence-electron chi connectivity index (χ4n) is 3.14. The lowest BCUT2D eigenvalue weighted by atomic mass is 9.97. The van der Waals surface area contributed by atoms with Crippen molar-refractivity contribution in [3.63, 3.8) is 0 Å². The van der Waals surface area contributed by atoms with E-state index in [1.165, 1.54) is 21.8 Å². The van der Waals surface area contributed by atoms with E-state index >= 15 is 0 Å². The Labute approximate surface area is 158 Å². The topological polar surface area (TPSA) is 49.4 Å². The minimum absolute atomic E-state index is 0.401. The summed E-state index contributed by atoms with van der Waals surface area (Å²) in [6.07, 6.45) is 4.19. The Morgan fingerprint density at radius 2 is 1.96 bits per heavy atom. The number of piperidine rings is 1. The number of rotatable bonds is 7. The first-order valence-electron chi connectivity index (χ1n) is 8.46. The molecule has 0 bridgehead atoms. The average Bonchev–Trinajstić information content (AvgIpc) is 3.17. The third-order valence-corrected chi connectivity index (χ3v) is 8.27. The molecule has 1 aliphatic heterocycles. The number of benzene rings is 1. The fourth-order valence-corrected chi connectivity index (χ4v) is 5.90. The molecule has 2 aromatic rings. The largest absolute Gasteiger partial charge is 0.299 e. The first-order valence-corrected chi connectivity index (χ1v) is 12.0. The first-order chi connectivity index (χ1) is 12.1. The van der Waals surface area contributed by atoms with Crippen LogP contribution in [0.2, 0.25) is 0 Å². The quantitative estimate of drug-likeness (QED) is 0.726. The zero-order chi connectivity index (χ0) is 17.7. The highest BCUT2D eigenvalue weighted by molar-refractivity contribution is 7.98. The number of thiophene rings is 1. The van der Waals surface area contributed by atoms with Gasteiger partial charge in [0.05, 0.1) is 0 Å². The molecule has 2 heterocycles. The third kappa shape index (κ3) is 5.08. The van der Waals surface area contributed by atoms with Gasteiger partial charge in [-0.1, -0.05) is 24.3 Å². The smallest absolute Gasteiger partial charge is 0.250 e. The molecule has 0 saturated carbocycles. The predicted octanol–water partition coefficient (Wildman–Crippen LogP) is 3.66. The lowest BCUT2D eigenvalue weighted by Gasteiger charge is -2.32. The van der Waals surface area contributed by atoms with Gasteiger partial charge in [0.1, 0.15) is 4.21 Å². The second-order valence-corrected chi connectivity index (χ2v) is 10.1. The molecule has 0 amide bonds. The maximum Gasteiger partial charge on any atom is 0.250 e. The monoisotopic (exact) mass is 396 g/mol. The van der Waals surface area contributed by atoms with Crippen molar-refractivity contribution in [1.29, 1.82) is 0 Å². The number of nitrogens with zero attached hydrogens (tertiary/aromatic N) is 1. The van der Waals surface area contributed by atoms with E-state index in [1.54, 1.807) is 29.3 Å². The van der Waals surface area contributed by atoms with E-state index in [9.17, 15) is 8.42 Å². The van der Waals surface area contributed by atoms with Crippen LogP contribution in [0.25, 0.3) is 0 Å². The second-order valence-electron chi connectivity index (χ2n) is 6.32. The molecule has 0 spiro atoms. The highest BCUT2D eigenvalue weighted by atomic mass is 32.2. The van der Waals surface area contributed by atoms with Crippen molar-refractivity contribution >= 4 is 33.1 Å². The maximum absolute atomic E-state index is 12.2. The van der Waals surface area contributed by atoms with Crippen molar-refractivity contribution in [3.05, 3.63) is 47.3 Å². The Morgan fingerprint density at radius 1 is 1.20 bits per heavy atom. The van der Waals surface area contributed by atoms with Gasteiger partial charge in [0.15, 0.2) is 0 Å². The summed E-state index contributed by atoms with van der Waals surface area (Å²) >= 11 is 3.05. The maximum atomic E-state index is 12.2. The summed E-state index contributed by atoms with van der Waals surface area (Å²) in [6.45, 7) is 3.56. The number of hydrogen-bond donors (Lipinski definition) is 1. The van der Waals surface area contributed by atoms with Gasteiger partial charge < -0.3 is 0 Å². The van der Waals surface area contributed by atoms with Crippen molar-refractivity contribution < 1.29 is 8.42 Å². The molecule has 25 heavy (non-hydrogen) atoms. The zero-order valence-electron chi connectivity index (χ0n) is 14.3. The van der Waals surface area contributed by atoms with Crippen molar-refractivity contribution in [1.82, 2.24) is 9.62 Å². The lowest BCUT2D eigenvalue weighted by Crippen LogP contribution is -2.38. The van der Waals surface area contributed by atoms with Gasteiger partial charge >= 0.3 is 0 Å². The Bertz CT molecular complexity index is 767. The minimum atomic E-state index is -3.34. The van der Waals surface area contributed by atoms with Gasteiger partial charge in [-0.05, 0) is 61.2 Å². The summed E-state index contributed by atoms with van der Waals surface area (Å²) in [5.74, 6) is 0.418. The zero-order valence-corrected chi connectivity index (χ0v) is 16.8. The molecule has 0 radical (unpaired) electrons. The van der Waals surface area contributed by atoms with Crippen molar-refractivity contribution in [2.75, 3.05) is 25.9 Å². The SMILES string of the molecule is CSc1ccccc1CN1CCC(CNS(=O)(=O)c2cccs2)CC1. The molecule has 1 aromatic carbocycles. The van der Waals surface area contributed by atoms with Crippen LogP contribution in [0.4, 0.5) is 0 Å². The Morgan fingerprint density at radius 3 is 2.64 bits per heavy atom. The molecule has 0 aliphatic carbocycles. The molecule has 1 aliphatic rings. The molecule has 7 heteroatoms. The molecule has 0 unspecified atom stereocenters. The van der Waals surface area contributed by atoms with Crippen LogP contribution in [-0.4, -0.2) is 39.2 Å². The predicted molar refractivity (Wildman–Crippen MR) is 106 cm³/mol. The first kappa shape index (κ1) is 18.9. The highest BCUT2D eigenvalue weighted by Crippen LogP contribution is 2.24. The molecule has 1 aromatic heterocycles. The summed E-state index contributed by atoms with van der Waals surface area (Å²) < 4.78 is 27.6. The van der Waals surface area contributed by atoms with Crippen LogP contribution >= 0.6 is 23.1 Å². The van der Waals surface area contributed by atoms with E-state index in [4.69, 9.17) is 0 Å². The molecule has 3 rings (SSSR count). The van der Waals surface area contributed by atoms with Gasteiger partial charge in [-0.2, -0.15) is 0 Å². The fraction of sp³-hybridized carbons (Fsp3) is 0.444. The molecular weight excluding hydrogens is 372 g/mol. The standard InChI is InChI=1S/C18H24N2O2S3/c1-23-17-6-3-2-5-16(17)14-20-10-8-15(9-11-20)13-19-25(21,22)18-7-4-12-24-18/h2-7,12,15,19H,8-11,13-14H2,1H3. The molecule has 0 atom stereocenters. The number of hydrogen-bond acceptors (Lipinski definition) is 5. The van der Waals surface area contributed by atoms with Crippen molar-refractivity contribution in [3.8, 4) is 0 Å². The van der Waals surface area contributed by atoms with Gasteiger partial charge in [0.2, 0.25) is 10.0 Å². The lowest BCUT2D eigenvalue weighted by molar-refractivity contribution is 0.177. The van der Waals surface area contributed by atoms with Gasteiger partial charge in [-0.15, -0.1) is 23.1 Å². The van der Waals surface area contributed by atoms with Crippen LogP contribution in [0, 0.1) is 5.92 Å². The van der Waals surface area contributed by atoms with Crippen LogP contribution in [0.5, 0.6) is 0 Å². The Balaban J connectivity index is 1.47. The molecule has 1 saturated heterocycles. The van der Waals surface area contributed by atoms with Crippen molar-refractivity contribution in [2.45, 2.75) is 28.5 Å². The second kappa shape index (κ2) is 8.68. The van der Waals surface area contributed by atoms with Gasteiger partial charge in [-0.3, -0.25) is 4.90 Å². The third-order valence-electron chi connectivity index (χ3n) is 4.62. The molecule has 136 valence electrons. The van der Waals surface area contributed by atoms with Crippen LogP contribution in [0.1, 0.15) is 18.4 Å². The van der Waals surface area contributed by atoms with Gasteiger partial charge in [-0.25, -0.2) is 13.1 Å². The van der Waals surface area contributed by atoms with Gasteiger partial charge in [0.25, 0.3) is 0 Å². The van der Waals surface area contributed by atoms with Crippen LogP contribution < -0.4 is 4.72 Å². The van der Waals surface area contributed by atoms with E-state index < -0.39 is 10.0 Å². The summed E-state index contributed by atoms with van der Waals surface area (Å²) in [5, 5.41) is 1.79. The normalized spacial score (nSPS) is 17.0. The minimum Gasteiger partial charge on any atom is -0.299 e. The van der Waals surface area contributed by atoms with E-state index in [-0.39, 0.29) is 0 Å². The van der Waals surface area contributed by atoms with E-state index in [2.05, 4.69) is 40.1 Å².